The zero-order valence-electron chi connectivity index (χ0n) is 13.3. The minimum absolute atomic E-state index is 0.108. The standard InChI is InChI=1S/C15H16F3N3O3S/c1-10-14(6-19-21(10)15(17)18)25(22,23)20-7-13(8-20)24-9-11-3-2-4-12(16)5-11/h2-6,13,15H,7-9H2,1H3. The molecule has 1 fully saturated rings. The minimum Gasteiger partial charge on any atom is -0.371 e. The lowest BCUT2D eigenvalue weighted by molar-refractivity contribution is -0.0296. The van der Waals surface area contributed by atoms with Crippen LogP contribution in [0.2, 0.25) is 0 Å². The topological polar surface area (TPSA) is 64.4 Å². The van der Waals surface area contributed by atoms with Gasteiger partial charge in [-0.1, -0.05) is 12.1 Å². The Labute approximate surface area is 142 Å². The largest absolute Gasteiger partial charge is 0.371 e. The second-order valence-electron chi connectivity index (χ2n) is 5.70. The van der Waals surface area contributed by atoms with E-state index in [-0.39, 0.29) is 42.2 Å². The number of halogens is 3. The van der Waals surface area contributed by atoms with E-state index in [4.69, 9.17) is 4.74 Å². The Morgan fingerprint density at radius 2 is 2.08 bits per heavy atom. The molecule has 2 heterocycles. The molecule has 25 heavy (non-hydrogen) atoms. The molecule has 3 rings (SSSR count). The van der Waals surface area contributed by atoms with Crippen molar-refractivity contribution in [3.8, 4) is 0 Å². The van der Waals surface area contributed by atoms with Gasteiger partial charge >= 0.3 is 6.55 Å². The lowest BCUT2D eigenvalue weighted by Gasteiger charge is -2.37. The number of nitrogens with zero attached hydrogens (tertiary/aromatic N) is 3. The average molecular weight is 375 g/mol. The van der Waals surface area contributed by atoms with E-state index in [0.29, 0.717) is 10.2 Å². The second kappa shape index (κ2) is 6.77. The summed E-state index contributed by atoms with van der Waals surface area (Å²) in [5.74, 6) is -0.370. The van der Waals surface area contributed by atoms with Crippen molar-refractivity contribution >= 4 is 10.0 Å². The van der Waals surface area contributed by atoms with Crippen molar-refractivity contribution in [3.05, 3.63) is 47.5 Å². The van der Waals surface area contributed by atoms with Gasteiger partial charge in [-0.15, -0.1) is 0 Å². The normalized spacial score (nSPS) is 16.4. The molecule has 2 aromatic rings. The summed E-state index contributed by atoms with van der Waals surface area (Å²) in [5.41, 5.74) is 0.537. The first kappa shape index (κ1) is 17.9. The van der Waals surface area contributed by atoms with Crippen LogP contribution in [0.4, 0.5) is 13.2 Å². The van der Waals surface area contributed by atoms with Gasteiger partial charge in [0, 0.05) is 13.1 Å². The Balaban J connectivity index is 1.60. The highest BCUT2D eigenvalue weighted by atomic mass is 32.2. The Hall–Kier alpha value is -1.91. The highest BCUT2D eigenvalue weighted by Gasteiger charge is 2.39. The monoisotopic (exact) mass is 375 g/mol. The predicted octanol–water partition coefficient (Wildman–Crippen LogP) is 2.32. The van der Waals surface area contributed by atoms with Crippen LogP contribution in [0.5, 0.6) is 0 Å². The van der Waals surface area contributed by atoms with Gasteiger partial charge in [0.15, 0.2) is 0 Å². The number of aromatic nitrogens is 2. The molecule has 1 aromatic carbocycles. The molecule has 0 aliphatic carbocycles. The van der Waals surface area contributed by atoms with Gasteiger partial charge in [0.05, 0.1) is 24.6 Å². The van der Waals surface area contributed by atoms with Crippen LogP contribution in [0.3, 0.4) is 0 Å². The molecule has 0 unspecified atom stereocenters. The van der Waals surface area contributed by atoms with Crippen molar-refractivity contribution in [1.82, 2.24) is 14.1 Å². The summed E-state index contributed by atoms with van der Waals surface area (Å²) in [7, 11) is -3.89. The molecule has 0 amide bonds. The van der Waals surface area contributed by atoms with Gasteiger partial charge in [-0.25, -0.2) is 17.5 Å². The van der Waals surface area contributed by atoms with Gasteiger partial charge in [0.25, 0.3) is 0 Å². The van der Waals surface area contributed by atoms with Crippen LogP contribution in [0, 0.1) is 12.7 Å². The molecule has 0 N–H and O–H groups in total. The molecule has 0 bridgehead atoms. The van der Waals surface area contributed by atoms with Crippen LogP contribution >= 0.6 is 0 Å². The highest BCUT2D eigenvalue weighted by molar-refractivity contribution is 7.89. The zero-order chi connectivity index (χ0) is 18.2. The first-order valence-electron chi connectivity index (χ1n) is 7.47. The van der Waals surface area contributed by atoms with Crippen LogP contribution < -0.4 is 0 Å². The number of sulfonamides is 1. The fourth-order valence-electron chi connectivity index (χ4n) is 2.54. The summed E-state index contributed by atoms with van der Waals surface area (Å²) >= 11 is 0. The van der Waals surface area contributed by atoms with E-state index in [1.807, 2.05) is 0 Å². The summed E-state index contributed by atoms with van der Waals surface area (Å²) < 4.78 is 70.5. The smallest absolute Gasteiger partial charge is 0.333 e. The summed E-state index contributed by atoms with van der Waals surface area (Å²) in [6.07, 6.45) is 0.598. The van der Waals surface area contributed by atoms with Crippen molar-refractivity contribution in [2.24, 2.45) is 0 Å². The number of hydrogen-bond donors (Lipinski definition) is 0. The molecule has 136 valence electrons. The third-order valence-corrected chi connectivity index (χ3v) is 5.93. The first-order chi connectivity index (χ1) is 11.8. The van der Waals surface area contributed by atoms with E-state index in [1.54, 1.807) is 12.1 Å². The number of hydrogen-bond acceptors (Lipinski definition) is 4. The van der Waals surface area contributed by atoms with E-state index in [1.165, 1.54) is 19.1 Å². The fraction of sp³-hybridized carbons (Fsp3) is 0.400. The summed E-state index contributed by atoms with van der Waals surface area (Å²) in [5, 5.41) is 3.42. The maximum atomic E-state index is 13.1. The number of benzene rings is 1. The van der Waals surface area contributed by atoms with Gasteiger partial charge in [-0.2, -0.15) is 18.2 Å². The lowest BCUT2D eigenvalue weighted by Crippen LogP contribution is -2.54. The number of rotatable bonds is 6. The summed E-state index contributed by atoms with van der Waals surface area (Å²) in [6, 6.07) is 5.94. The van der Waals surface area contributed by atoms with Gasteiger partial charge < -0.3 is 4.74 Å². The molecular formula is C15H16F3N3O3S. The van der Waals surface area contributed by atoms with Crippen LogP contribution in [-0.4, -0.2) is 41.7 Å². The van der Waals surface area contributed by atoms with Gasteiger partial charge in [-0.3, -0.25) is 0 Å². The lowest BCUT2D eigenvalue weighted by atomic mass is 10.2. The molecule has 0 spiro atoms. The Morgan fingerprint density at radius 3 is 2.68 bits per heavy atom. The zero-order valence-corrected chi connectivity index (χ0v) is 14.1. The van der Waals surface area contributed by atoms with Crippen molar-refractivity contribution in [3.63, 3.8) is 0 Å². The van der Waals surface area contributed by atoms with Crippen molar-refractivity contribution in [2.75, 3.05) is 13.1 Å². The van der Waals surface area contributed by atoms with Crippen molar-refractivity contribution in [1.29, 1.82) is 0 Å². The van der Waals surface area contributed by atoms with Crippen LogP contribution in [-0.2, 0) is 21.4 Å². The molecule has 1 aromatic heterocycles. The van der Waals surface area contributed by atoms with E-state index in [9.17, 15) is 21.6 Å². The molecule has 1 saturated heterocycles. The molecular weight excluding hydrogens is 359 g/mol. The van der Waals surface area contributed by atoms with E-state index < -0.39 is 16.6 Å². The van der Waals surface area contributed by atoms with Gasteiger partial charge in [0.1, 0.15) is 10.7 Å². The van der Waals surface area contributed by atoms with Crippen LogP contribution in [0.25, 0.3) is 0 Å². The fourth-order valence-corrected chi connectivity index (χ4v) is 4.19. The third-order valence-electron chi connectivity index (χ3n) is 3.99. The maximum absolute atomic E-state index is 13.1. The van der Waals surface area contributed by atoms with Crippen molar-refractivity contribution in [2.45, 2.75) is 31.1 Å². The van der Waals surface area contributed by atoms with E-state index in [2.05, 4.69) is 5.10 Å². The molecule has 1 aliphatic rings. The first-order valence-corrected chi connectivity index (χ1v) is 8.91. The predicted molar refractivity (Wildman–Crippen MR) is 82.0 cm³/mol. The average Bonchev–Trinajstić information content (AvgIpc) is 2.88. The molecule has 10 heteroatoms. The second-order valence-corrected chi connectivity index (χ2v) is 7.61. The Kier molecular flexibility index (Phi) is 4.85. The molecule has 1 aliphatic heterocycles. The summed E-state index contributed by atoms with van der Waals surface area (Å²) in [6.45, 7) is -1.24. The number of alkyl halides is 2. The minimum atomic E-state index is -3.89. The van der Waals surface area contributed by atoms with Crippen LogP contribution in [0.1, 0.15) is 17.8 Å². The van der Waals surface area contributed by atoms with Crippen molar-refractivity contribution < 1.29 is 26.3 Å². The molecule has 0 radical (unpaired) electrons. The Bertz CT molecular complexity index is 864. The van der Waals surface area contributed by atoms with Gasteiger partial charge in [-0.05, 0) is 24.6 Å². The highest BCUT2D eigenvalue weighted by Crippen LogP contribution is 2.27. The molecule has 0 atom stereocenters. The van der Waals surface area contributed by atoms with E-state index >= 15 is 0 Å². The van der Waals surface area contributed by atoms with Crippen LogP contribution in [0.15, 0.2) is 35.4 Å². The quantitative estimate of drug-likeness (QED) is 0.777. The Morgan fingerprint density at radius 1 is 1.36 bits per heavy atom. The summed E-state index contributed by atoms with van der Waals surface area (Å²) in [4.78, 5) is -0.239. The maximum Gasteiger partial charge on any atom is 0.333 e. The molecule has 0 saturated carbocycles. The molecule has 6 nitrogen and oxygen atoms in total. The SMILES string of the molecule is Cc1c(S(=O)(=O)N2CC(OCc3cccc(F)c3)C2)cnn1C(F)F. The number of ether oxygens (including phenoxy) is 1. The van der Waals surface area contributed by atoms with E-state index in [0.717, 1.165) is 10.5 Å². The van der Waals surface area contributed by atoms with Gasteiger partial charge in [0.2, 0.25) is 10.0 Å². The third kappa shape index (κ3) is 3.55.